The average Bonchev–Trinajstić information content (AvgIpc) is 2.77. The van der Waals surface area contributed by atoms with Crippen molar-refractivity contribution < 1.29 is 35.6 Å². The minimum absolute atomic E-state index is 0.184. The van der Waals surface area contributed by atoms with Crippen molar-refractivity contribution in [1.29, 1.82) is 0 Å². The lowest BCUT2D eigenvalue weighted by molar-refractivity contribution is -0.137. The summed E-state index contributed by atoms with van der Waals surface area (Å²) in [6.45, 7) is 0. The molecule has 3 aromatic carbocycles. The Labute approximate surface area is 185 Å². The van der Waals surface area contributed by atoms with Crippen molar-refractivity contribution >= 4 is 27.5 Å². The first-order chi connectivity index (χ1) is 15.5. The summed E-state index contributed by atoms with van der Waals surface area (Å²) in [6.07, 6.45) is -4.66. The van der Waals surface area contributed by atoms with Crippen molar-refractivity contribution in [1.82, 2.24) is 10.9 Å². The van der Waals surface area contributed by atoms with E-state index < -0.39 is 44.3 Å². The van der Waals surface area contributed by atoms with Gasteiger partial charge in [0.1, 0.15) is 5.82 Å². The Balaban J connectivity index is 1.74. The lowest BCUT2D eigenvalue weighted by atomic mass is 10.2. The molecule has 0 spiro atoms. The molecule has 172 valence electrons. The van der Waals surface area contributed by atoms with E-state index >= 15 is 0 Å². The number of nitrogens with one attached hydrogen (secondary N) is 3. The van der Waals surface area contributed by atoms with Crippen LogP contribution < -0.4 is 15.6 Å². The molecule has 3 N–H and O–H groups in total. The fourth-order valence-electron chi connectivity index (χ4n) is 2.68. The Morgan fingerprint density at radius 2 is 1.45 bits per heavy atom. The van der Waals surface area contributed by atoms with E-state index in [1.807, 2.05) is 15.6 Å². The number of halogens is 4. The summed E-state index contributed by atoms with van der Waals surface area (Å²) in [5.41, 5.74) is 2.17. The Bertz CT molecular complexity index is 1310. The molecule has 3 rings (SSSR count). The van der Waals surface area contributed by atoms with Gasteiger partial charge in [-0.05, 0) is 48.5 Å². The molecule has 0 unspecified atom stereocenters. The Hall–Kier alpha value is -3.93. The highest BCUT2D eigenvalue weighted by molar-refractivity contribution is 7.92. The Morgan fingerprint density at radius 3 is 2.15 bits per heavy atom. The second-order valence-electron chi connectivity index (χ2n) is 6.60. The first-order valence-corrected chi connectivity index (χ1v) is 10.6. The summed E-state index contributed by atoms with van der Waals surface area (Å²) in [7, 11) is -4.35. The number of carbonyl (C=O) groups is 2. The van der Waals surface area contributed by atoms with Gasteiger partial charge in [0.15, 0.2) is 0 Å². The summed E-state index contributed by atoms with van der Waals surface area (Å²) >= 11 is 0. The van der Waals surface area contributed by atoms with Crippen LogP contribution in [0.15, 0.2) is 77.7 Å². The summed E-state index contributed by atoms with van der Waals surface area (Å²) in [5, 5.41) is 0. The lowest BCUT2D eigenvalue weighted by Crippen LogP contribution is -2.42. The molecule has 0 aromatic heterocycles. The molecule has 2 amide bonds. The number of anilines is 1. The first-order valence-electron chi connectivity index (χ1n) is 9.13. The van der Waals surface area contributed by atoms with E-state index in [1.54, 1.807) is 0 Å². The predicted molar refractivity (Wildman–Crippen MR) is 110 cm³/mol. The zero-order chi connectivity index (χ0) is 24.2. The Kier molecular flexibility index (Phi) is 6.68. The van der Waals surface area contributed by atoms with Gasteiger partial charge in [0.05, 0.1) is 16.0 Å². The first kappa shape index (κ1) is 23.7. The molecular formula is C21H15F4N3O4S. The van der Waals surface area contributed by atoms with E-state index in [9.17, 15) is 35.6 Å². The molecule has 0 radical (unpaired) electrons. The quantitative estimate of drug-likeness (QED) is 0.382. The number of benzene rings is 3. The molecule has 0 saturated carbocycles. The monoisotopic (exact) mass is 481 g/mol. The van der Waals surface area contributed by atoms with Crippen molar-refractivity contribution in [3.63, 3.8) is 0 Å². The maximum Gasteiger partial charge on any atom is 0.416 e. The molecule has 0 atom stereocenters. The standard InChI is InChI=1S/C21H15F4N3O4S/c22-18-10-2-1-9-17(18)20(30)27-26-19(29)13-5-3-8-16(11-13)33(31,32)28-15-7-4-6-14(12-15)21(23,24)25/h1-12,28H,(H,26,29)(H,27,30). The number of alkyl halides is 3. The van der Waals surface area contributed by atoms with Crippen LogP contribution in [-0.2, 0) is 16.2 Å². The zero-order valence-corrected chi connectivity index (χ0v) is 17.3. The van der Waals surface area contributed by atoms with Crippen LogP contribution in [0.3, 0.4) is 0 Å². The van der Waals surface area contributed by atoms with Crippen LogP contribution in [0.2, 0.25) is 0 Å². The fourth-order valence-corrected chi connectivity index (χ4v) is 3.77. The summed E-state index contributed by atoms with van der Waals surface area (Å²) in [5.74, 6) is -2.65. The number of amides is 2. The number of hydrogen-bond donors (Lipinski definition) is 3. The van der Waals surface area contributed by atoms with Gasteiger partial charge < -0.3 is 0 Å². The molecule has 3 aromatic rings. The number of sulfonamides is 1. The molecule has 0 saturated heterocycles. The van der Waals surface area contributed by atoms with Gasteiger partial charge >= 0.3 is 6.18 Å². The second kappa shape index (κ2) is 9.28. The van der Waals surface area contributed by atoms with Crippen LogP contribution in [0, 0.1) is 5.82 Å². The smallest absolute Gasteiger partial charge is 0.280 e. The van der Waals surface area contributed by atoms with Crippen LogP contribution in [0.25, 0.3) is 0 Å². The van der Waals surface area contributed by atoms with Crippen molar-refractivity contribution in [3.05, 3.63) is 95.3 Å². The van der Waals surface area contributed by atoms with Gasteiger partial charge in [-0.3, -0.25) is 25.2 Å². The normalized spacial score (nSPS) is 11.5. The minimum Gasteiger partial charge on any atom is -0.280 e. The van der Waals surface area contributed by atoms with E-state index in [1.165, 1.54) is 30.3 Å². The van der Waals surface area contributed by atoms with E-state index in [4.69, 9.17) is 0 Å². The van der Waals surface area contributed by atoms with E-state index in [0.717, 1.165) is 36.4 Å². The fraction of sp³-hybridized carbons (Fsp3) is 0.0476. The Morgan fingerprint density at radius 1 is 0.788 bits per heavy atom. The van der Waals surface area contributed by atoms with Gasteiger partial charge in [-0.1, -0.05) is 24.3 Å². The molecule has 0 fully saturated rings. The van der Waals surface area contributed by atoms with Gasteiger partial charge in [0.2, 0.25) is 0 Å². The third kappa shape index (κ3) is 5.86. The van der Waals surface area contributed by atoms with Crippen molar-refractivity contribution in [3.8, 4) is 0 Å². The summed E-state index contributed by atoms with van der Waals surface area (Å²) < 4.78 is 79.4. The molecular weight excluding hydrogens is 466 g/mol. The second-order valence-corrected chi connectivity index (χ2v) is 8.28. The molecule has 33 heavy (non-hydrogen) atoms. The average molecular weight is 481 g/mol. The van der Waals surface area contributed by atoms with E-state index in [0.29, 0.717) is 6.07 Å². The highest BCUT2D eigenvalue weighted by Gasteiger charge is 2.30. The third-order valence-corrected chi connectivity index (χ3v) is 5.64. The van der Waals surface area contributed by atoms with Crippen molar-refractivity contribution in [2.75, 3.05) is 4.72 Å². The van der Waals surface area contributed by atoms with Crippen LogP contribution in [0.1, 0.15) is 26.3 Å². The van der Waals surface area contributed by atoms with Gasteiger partial charge in [0.25, 0.3) is 21.8 Å². The van der Waals surface area contributed by atoms with Gasteiger partial charge in [-0.15, -0.1) is 0 Å². The van der Waals surface area contributed by atoms with Crippen molar-refractivity contribution in [2.45, 2.75) is 11.1 Å². The minimum atomic E-state index is -4.66. The van der Waals surface area contributed by atoms with Gasteiger partial charge in [-0.25, -0.2) is 12.8 Å². The topological polar surface area (TPSA) is 104 Å². The number of hydrogen-bond acceptors (Lipinski definition) is 4. The third-order valence-electron chi connectivity index (χ3n) is 4.26. The van der Waals surface area contributed by atoms with Gasteiger partial charge in [0, 0.05) is 11.3 Å². The SMILES string of the molecule is O=C(NNC(=O)c1ccccc1F)c1cccc(S(=O)(=O)Nc2cccc(C(F)(F)F)c2)c1. The zero-order valence-electron chi connectivity index (χ0n) is 16.5. The lowest BCUT2D eigenvalue weighted by Gasteiger charge is -2.12. The maximum atomic E-state index is 13.6. The van der Waals surface area contributed by atoms with Crippen LogP contribution in [0.4, 0.5) is 23.2 Å². The highest BCUT2D eigenvalue weighted by atomic mass is 32.2. The molecule has 12 heteroatoms. The highest BCUT2D eigenvalue weighted by Crippen LogP contribution is 2.31. The molecule has 7 nitrogen and oxygen atoms in total. The molecule has 0 bridgehead atoms. The molecule has 0 heterocycles. The van der Waals surface area contributed by atoms with Gasteiger partial charge in [-0.2, -0.15) is 13.2 Å². The number of rotatable bonds is 5. The molecule has 0 aliphatic carbocycles. The van der Waals surface area contributed by atoms with E-state index in [2.05, 4.69) is 0 Å². The largest absolute Gasteiger partial charge is 0.416 e. The molecule has 0 aliphatic heterocycles. The number of carbonyl (C=O) groups excluding carboxylic acids is 2. The summed E-state index contributed by atoms with van der Waals surface area (Å²) in [4.78, 5) is 23.9. The van der Waals surface area contributed by atoms with Crippen LogP contribution >= 0.6 is 0 Å². The number of hydrazine groups is 1. The maximum absolute atomic E-state index is 13.6. The van der Waals surface area contributed by atoms with E-state index in [-0.39, 0.29) is 16.8 Å². The predicted octanol–water partition coefficient (Wildman–Crippen LogP) is 3.72. The molecule has 0 aliphatic rings. The van der Waals surface area contributed by atoms with Crippen LogP contribution in [-0.4, -0.2) is 20.2 Å². The summed E-state index contributed by atoms with van der Waals surface area (Å²) in [6, 6.07) is 13.2. The van der Waals surface area contributed by atoms with Crippen molar-refractivity contribution in [2.24, 2.45) is 0 Å². The van der Waals surface area contributed by atoms with Crippen LogP contribution in [0.5, 0.6) is 0 Å².